The molecule has 2 aromatic heterocycles. The summed E-state index contributed by atoms with van der Waals surface area (Å²) < 4.78 is 7.45. The zero-order valence-electron chi connectivity index (χ0n) is 12.4. The second-order valence-electron chi connectivity index (χ2n) is 5.92. The van der Waals surface area contributed by atoms with Gasteiger partial charge in [-0.15, -0.1) is 0 Å². The number of benzene rings is 1. The Morgan fingerprint density at radius 3 is 2.86 bits per heavy atom. The van der Waals surface area contributed by atoms with Crippen molar-refractivity contribution in [3.63, 3.8) is 0 Å². The van der Waals surface area contributed by atoms with Gasteiger partial charge >= 0.3 is 5.97 Å². The Bertz CT molecular complexity index is 891. The first-order chi connectivity index (χ1) is 10.6. The molecule has 2 heterocycles. The quantitative estimate of drug-likeness (QED) is 0.804. The molecule has 0 radical (unpaired) electrons. The largest absolute Gasteiger partial charge is 0.478 e. The number of carbonyl (C=O) groups is 1. The van der Waals surface area contributed by atoms with E-state index in [1.807, 2.05) is 42.2 Å². The number of carboxylic acid groups (broad SMARTS) is 1. The maximum atomic E-state index is 11.4. The molecule has 1 fully saturated rings. The van der Waals surface area contributed by atoms with Crippen molar-refractivity contribution < 1.29 is 14.3 Å². The molecule has 5 heteroatoms. The van der Waals surface area contributed by atoms with E-state index in [0.717, 1.165) is 6.42 Å². The number of hydrogen-bond acceptors (Lipinski definition) is 3. The van der Waals surface area contributed by atoms with Gasteiger partial charge in [0.1, 0.15) is 16.9 Å². The van der Waals surface area contributed by atoms with Gasteiger partial charge in [-0.1, -0.05) is 6.07 Å². The number of fused-ring (bicyclic) bond motifs is 1. The van der Waals surface area contributed by atoms with Gasteiger partial charge in [0.05, 0.1) is 0 Å². The van der Waals surface area contributed by atoms with Gasteiger partial charge in [-0.3, -0.25) is 4.68 Å². The van der Waals surface area contributed by atoms with E-state index in [9.17, 15) is 9.90 Å². The van der Waals surface area contributed by atoms with E-state index in [1.165, 1.54) is 11.3 Å². The molecular weight excluding hydrogens is 280 g/mol. The summed E-state index contributed by atoms with van der Waals surface area (Å²) in [6.45, 7) is 1.69. The molecule has 0 aliphatic heterocycles. The summed E-state index contributed by atoms with van der Waals surface area (Å²) in [6, 6.07) is 7.94. The number of hydrogen-bond donors (Lipinski definition) is 1. The summed E-state index contributed by atoms with van der Waals surface area (Å²) in [5.74, 6) is 0.411. The van der Waals surface area contributed by atoms with Gasteiger partial charge in [0.25, 0.3) is 0 Å². The SMILES string of the molecule is Cc1oc2ccc(C3CC3c3ccnn3C)cc2c1C(=O)O. The standard InChI is InChI=1S/C17H16N2O3/c1-9-16(17(20)21)13-7-10(3-4-15(13)22-9)11-8-12(11)14-5-6-18-19(14)2/h3-7,11-12H,8H2,1-2H3,(H,20,21). The van der Waals surface area contributed by atoms with Crippen molar-refractivity contribution in [2.75, 3.05) is 0 Å². The Morgan fingerprint density at radius 2 is 2.18 bits per heavy atom. The minimum absolute atomic E-state index is 0.273. The summed E-state index contributed by atoms with van der Waals surface area (Å²) in [4.78, 5) is 11.4. The molecule has 1 aromatic carbocycles. The second-order valence-corrected chi connectivity index (χ2v) is 5.92. The summed E-state index contributed by atoms with van der Waals surface area (Å²) in [5.41, 5.74) is 3.31. The third kappa shape index (κ3) is 1.85. The lowest BCUT2D eigenvalue weighted by Gasteiger charge is -2.02. The molecule has 1 N–H and O–H groups in total. The summed E-state index contributed by atoms with van der Waals surface area (Å²) in [5, 5.41) is 14.3. The highest BCUT2D eigenvalue weighted by Gasteiger charge is 2.41. The maximum Gasteiger partial charge on any atom is 0.339 e. The van der Waals surface area contributed by atoms with E-state index in [4.69, 9.17) is 4.42 Å². The van der Waals surface area contributed by atoms with Gasteiger partial charge in [0.2, 0.25) is 0 Å². The van der Waals surface area contributed by atoms with Crippen molar-refractivity contribution in [3.8, 4) is 0 Å². The third-order valence-electron chi connectivity index (χ3n) is 4.56. The Labute approximate surface area is 127 Å². The van der Waals surface area contributed by atoms with E-state index in [-0.39, 0.29) is 5.56 Å². The van der Waals surface area contributed by atoms with E-state index in [2.05, 4.69) is 5.10 Å². The average Bonchev–Trinajstić information content (AvgIpc) is 3.02. The molecule has 4 rings (SSSR count). The highest BCUT2D eigenvalue weighted by atomic mass is 16.4. The molecule has 1 aliphatic rings. The van der Waals surface area contributed by atoms with Crippen molar-refractivity contribution >= 4 is 16.9 Å². The van der Waals surface area contributed by atoms with Crippen LogP contribution in [0.1, 0.15) is 45.6 Å². The summed E-state index contributed by atoms with van der Waals surface area (Å²) in [6.07, 6.45) is 2.89. The first-order valence-electron chi connectivity index (χ1n) is 7.30. The topological polar surface area (TPSA) is 68.3 Å². The zero-order chi connectivity index (χ0) is 15.4. The fourth-order valence-electron chi connectivity index (χ4n) is 3.37. The first-order valence-corrected chi connectivity index (χ1v) is 7.30. The Kier molecular flexibility index (Phi) is 2.66. The molecule has 0 saturated heterocycles. The fraction of sp³-hybridized carbons (Fsp3) is 0.294. The van der Waals surface area contributed by atoms with Crippen LogP contribution in [0.3, 0.4) is 0 Å². The van der Waals surface area contributed by atoms with Crippen LogP contribution in [-0.4, -0.2) is 20.9 Å². The molecule has 0 amide bonds. The zero-order valence-corrected chi connectivity index (χ0v) is 12.4. The molecule has 112 valence electrons. The van der Waals surface area contributed by atoms with E-state index < -0.39 is 5.97 Å². The fourth-order valence-corrected chi connectivity index (χ4v) is 3.37. The van der Waals surface area contributed by atoms with Crippen LogP contribution in [0, 0.1) is 6.92 Å². The van der Waals surface area contributed by atoms with Gasteiger partial charge in [-0.05, 0) is 43.0 Å². The predicted molar refractivity (Wildman–Crippen MR) is 81.2 cm³/mol. The normalized spacial score (nSPS) is 20.5. The van der Waals surface area contributed by atoms with Crippen molar-refractivity contribution in [3.05, 3.63) is 53.0 Å². The Morgan fingerprint density at radius 1 is 1.36 bits per heavy atom. The summed E-state index contributed by atoms with van der Waals surface area (Å²) in [7, 11) is 1.95. The van der Waals surface area contributed by atoms with Gasteiger partial charge in [-0.2, -0.15) is 5.10 Å². The van der Waals surface area contributed by atoms with Crippen molar-refractivity contribution in [2.45, 2.75) is 25.2 Å². The van der Waals surface area contributed by atoms with E-state index in [0.29, 0.717) is 28.6 Å². The number of aryl methyl sites for hydroxylation is 2. The van der Waals surface area contributed by atoms with Crippen LogP contribution >= 0.6 is 0 Å². The van der Waals surface area contributed by atoms with Crippen LogP contribution in [0.15, 0.2) is 34.9 Å². The predicted octanol–water partition coefficient (Wildman–Crippen LogP) is 3.44. The first kappa shape index (κ1) is 13.1. The van der Waals surface area contributed by atoms with Crippen molar-refractivity contribution in [2.24, 2.45) is 7.05 Å². The van der Waals surface area contributed by atoms with Crippen molar-refractivity contribution in [1.82, 2.24) is 9.78 Å². The minimum atomic E-state index is -0.938. The van der Waals surface area contributed by atoms with Gasteiger partial charge in [-0.25, -0.2) is 4.79 Å². The van der Waals surface area contributed by atoms with Gasteiger partial charge in [0.15, 0.2) is 0 Å². The van der Waals surface area contributed by atoms with Crippen LogP contribution < -0.4 is 0 Å². The third-order valence-corrected chi connectivity index (χ3v) is 4.56. The molecule has 0 spiro atoms. The van der Waals surface area contributed by atoms with Crippen LogP contribution in [-0.2, 0) is 7.05 Å². The molecule has 2 unspecified atom stereocenters. The summed E-state index contributed by atoms with van der Waals surface area (Å²) >= 11 is 0. The lowest BCUT2D eigenvalue weighted by molar-refractivity contribution is 0.0697. The lowest BCUT2D eigenvalue weighted by atomic mass is 10.0. The average molecular weight is 296 g/mol. The minimum Gasteiger partial charge on any atom is -0.478 e. The van der Waals surface area contributed by atoms with Gasteiger partial charge < -0.3 is 9.52 Å². The van der Waals surface area contributed by atoms with Crippen LogP contribution in [0.2, 0.25) is 0 Å². The lowest BCUT2D eigenvalue weighted by Crippen LogP contribution is -1.98. The van der Waals surface area contributed by atoms with Crippen molar-refractivity contribution in [1.29, 1.82) is 0 Å². The molecule has 0 bridgehead atoms. The number of aromatic nitrogens is 2. The van der Waals surface area contributed by atoms with Gasteiger partial charge in [0, 0.05) is 30.2 Å². The van der Waals surface area contributed by atoms with Crippen LogP contribution in [0.25, 0.3) is 11.0 Å². The van der Waals surface area contributed by atoms with E-state index >= 15 is 0 Å². The molecule has 22 heavy (non-hydrogen) atoms. The number of carboxylic acids is 1. The smallest absolute Gasteiger partial charge is 0.339 e. The monoisotopic (exact) mass is 296 g/mol. The number of aromatic carboxylic acids is 1. The molecule has 3 aromatic rings. The van der Waals surface area contributed by atoms with Crippen LogP contribution in [0.5, 0.6) is 0 Å². The molecule has 1 saturated carbocycles. The van der Waals surface area contributed by atoms with E-state index in [1.54, 1.807) is 6.92 Å². The Hall–Kier alpha value is -2.56. The number of rotatable bonds is 3. The Balaban J connectivity index is 1.74. The maximum absolute atomic E-state index is 11.4. The number of nitrogens with zero attached hydrogens (tertiary/aromatic N) is 2. The molecule has 2 atom stereocenters. The highest BCUT2D eigenvalue weighted by Crippen LogP contribution is 2.54. The molecule has 1 aliphatic carbocycles. The van der Waals surface area contributed by atoms with Crippen LogP contribution in [0.4, 0.5) is 0 Å². The highest BCUT2D eigenvalue weighted by molar-refractivity contribution is 6.03. The molecule has 5 nitrogen and oxygen atoms in total. The molecular formula is C17H16N2O3. The number of furan rings is 1. The second kappa shape index (κ2) is 4.47.